The van der Waals surface area contributed by atoms with E-state index in [0.29, 0.717) is 0 Å². The van der Waals surface area contributed by atoms with Gasteiger partial charge in [-0.3, -0.25) is 0 Å². The molecule has 0 N–H and O–H groups in total. The van der Waals surface area contributed by atoms with Crippen molar-refractivity contribution in [2.45, 2.75) is 39.4 Å². The maximum absolute atomic E-state index is 12.2. The normalized spacial score (nSPS) is 13.7. The smallest absolute Gasteiger partial charge is 0.144 e. The van der Waals surface area contributed by atoms with E-state index < -0.39 is 11.4 Å². The van der Waals surface area contributed by atoms with E-state index in [1.54, 1.807) is 12.4 Å². The minimum absolute atomic E-state index is 0.370. The molecule has 0 radical (unpaired) electrons. The molecule has 0 amide bonds. The van der Waals surface area contributed by atoms with Crippen LogP contribution >= 0.6 is 0 Å². The molecule has 1 aromatic carbocycles. The van der Waals surface area contributed by atoms with E-state index in [0.717, 1.165) is 16.8 Å². The van der Waals surface area contributed by atoms with Gasteiger partial charge in [0.25, 0.3) is 0 Å². The van der Waals surface area contributed by atoms with Crippen LogP contribution in [-0.4, -0.2) is 24.9 Å². The van der Waals surface area contributed by atoms with Gasteiger partial charge in [0, 0.05) is 29.7 Å². The maximum Gasteiger partial charge on any atom is 0.144 e. The van der Waals surface area contributed by atoms with Crippen molar-refractivity contribution in [3.05, 3.63) is 59.5 Å². The van der Waals surface area contributed by atoms with E-state index in [1.165, 1.54) is 16.7 Å². The monoisotopic (exact) mass is 353 g/mol. The predicted molar refractivity (Wildman–Crippen MR) is 106 cm³/mol. The SMILES string of the molecule is Cc1cccc(C)c1-c1cc(/C=N\[S+]([O-])C(C)(C)C)cn2ccnc12. The van der Waals surface area contributed by atoms with Crippen molar-refractivity contribution < 1.29 is 4.55 Å². The first-order valence-electron chi connectivity index (χ1n) is 8.27. The minimum Gasteiger partial charge on any atom is -0.591 e. The van der Waals surface area contributed by atoms with Gasteiger partial charge >= 0.3 is 0 Å². The van der Waals surface area contributed by atoms with Crippen LogP contribution in [0.1, 0.15) is 37.5 Å². The van der Waals surface area contributed by atoms with Crippen molar-refractivity contribution >= 4 is 23.2 Å². The molecule has 2 aromatic heterocycles. The van der Waals surface area contributed by atoms with Gasteiger partial charge in [0.15, 0.2) is 0 Å². The lowest BCUT2D eigenvalue weighted by atomic mass is 9.96. The highest BCUT2D eigenvalue weighted by Gasteiger charge is 2.25. The lowest BCUT2D eigenvalue weighted by molar-refractivity contribution is 0.562. The quantitative estimate of drug-likeness (QED) is 0.514. The van der Waals surface area contributed by atoms with E-state index in [1.807, 2.05) is 37.6 Å². The van der Waals surface area contributed by atoms with Crippen molar-refractivity contribution in [1.82, 2.24) is 9.38 Å². The van der Waals surface area contributed by atoms with Crippen LogP contribution in [0.15, 0.2) is 47.3 Å². The average molecular weight is 353 g/mol. The molecule has 0 aliphatic rings. The third-order valence-electron chi connectivity index (χ3n) is 4.08. The molecule has 0 aliphatic heterocycles. The van der Waals surface area contributed by atoms with E-state index in [2.05, 4.69) is 47.5 Å². The van der Waals surface area contributed by atoms with Gasteiger partial charge < -0.3 is 8.95 Å². The summed E-state index contributed by atoms with van der Waals surface area (Å²) in [5, 5.41) is 0. The molecular weight excluding hydrogens is 330 g/mol. The van der Waals surface area contributed by atoms with Gasteiger partial charge in [-0.15, -0.1) is 0 Å². The zero-order chi connectivity index (χ0) is 18.2. The Bertz CT molecular complexity index is 918. The second kappa shape index (κ2) is 6.65. The summed E-state index contributed by atoms with van der Waals surface area (Å²) in [6.07, 6.45) is 7.37. The molecule has 0 aliphatic carbocycles. The summed E-state index contributed by atoms with van der Waals surface area (Å²) in [5.41, 5.74) is 6.47. The summed E-state index contributed by atoms with van der Waals surface area (Å²) in [5.74, 6) is 0. The van der Waals surface area contributed by atoms with Crippen molar-refractivity contribution in [3.63, 3.8) is 0 Å². The van der Waals surface area contributed by atoms with Crippen LogP contribution in [0.25, 0.3) is 16.8 Å². The Kier molecular flexibility index (Phi) is 4.71. The van der Waals surface area contributed by atoms with Crippen molar-refractivity contribution in [3.8, 4) is 11.1 Å². The van der Waals surface area contributed by atoms with Crippen LogP contribution in [0.4, 0.5) is 0 Å². The van der Waals surface area contributed by atoms with Crippen LogP contribution in [0.2, 0.25) is 0 Å². The van der Waals surface area contributed by atoms with Gasteiger partial charge in [0.2, 0.25) is 0 Å². The molecule has 0 spiro atoms. The molecule has 2 heterocycles. The van der Waals surface area contributed by atoms with Gasteiger partial charge in [0.05, 0.1) is 6.21 Å². The van der Waals surface area contributed by atoms with Crippen LogP contribution in [-0.2, 0) is 11.4 Å². The topological polar surface area (TPSA) is 52.7 Å². The molecule has 3 rings (SSSR count). The summed E-state index contributed by atoms with van der Waals surface area (Å²) in [6, 6.07) is 8.35. The summed E-state index contributed by atoms with van der Waals surface area (Å²) in [4.78, 5) is 4.51. The number of pyridine rings is 1. The second-order valence-corrected chi connectivity index (χ2v) is 9.14. The van der Waals surface area contributed by atoms with Crippen molar-refractivity contribution in [1.29, 1.82) is 0 Å². The van der Waals surface area contributed by atoms with E-state index in [-0.39, 0.29) is 4.75 Å². The minimum atomic E-state index is -1.28. The van der Waals surface area contributed by atoms with Gasteiger partial charge in [-0.25, -0.2) is 4.98 Å². The third kappa shape index (κ3) is 3.62. The van der Waals surface area contributed by atoms with Gasteiger partial charge in [-0.1, -0.05) is 22.6 Å². The molecule has 0 saturated carbocycles. The fraction of sp³-hybridized carbons (Fsp3) is 0.300. The molecule has 1 atom stereocenters. The Hall–Kier alpha value is -2.11. The molecule has 3 aromatic rings. The Morgan fingerprint density at radius 3 is 2.52 bits per heavy atom. The fourth-order valence-electron chi connectivity index (χ4n) is 2.82. The van der Waals surface area contributed by atoms with Crippen LogP contribution in [0.3, 0.4) is 0 Å². The first-order valence-corrected chi connectivity index (χ1v) is 9.37. The van der Waals surface area contributed by atoms with Crippen LogP contribution in [0.5, 0.6) is 0 Å². The molecule has 0 saturated heterocycles. The van der Waals surface area contributed by atoms with E-state index in [4.69, 9.17) is 0 Å². The van der Waals surface area contributed by atoms with Gasteiger partial charge in [0.1, 0.15) is 21.8 Å². The molecule has 4 nitrogen and oxygen atoms in total. The Morgan fingerprint density at radius 2 is 1.88 bits per heavy atom. The molecular formula is C20H23N3OS. The first-order chi connectivity index (χ1) is 11.8. The number of nitrogens with zero attached hydrogens (tertiary/aromatic N) is 3. The highest BCUT2D eigenvalue weighted by Crippen LogP contribution is 2.30. The molecule has 0 bridgehead atoms. The van der Waals surface area contributed by atoms with Crippen molar-refractivity contribution in [2.75, 3.05) is 0 Å². The number of imidazole rings is 1. The number of hydrogen-bond acceptors (Lipinski definition) is 3. The zero-order valence-electron chi connectivity index (χ0n) is 15.3. The second-order valence-electron chi connectivity index (χ2n) is 7.21. The number of hydrogen-bond donors (Lipinski definition) is 0. The van der Waals surface area contributed by atoms with Crippen LogP contribution in [0, 0.1) is 13.8 Å². The Morgan fingerprint density at radius 1 is 1.20 bits per heavy atom. The Balaban J connectivity index is 2.14. The first kappa shape index (κ1) is 17.7. The van der Waals surface area contributed by atoms with E-state index >= 15 is 0 Å². The molecule has 25 heavy (non-hydrogen) atoms. The number of fused-ring (bicyclic) bond motifs is 1. The van der Waals surface area contributed by atoms with Gasteiger partial charge in [-0.2, -0.15) is 0 Å². The number of aromatic nitrogens is 2. The Labute approximate surface area is 152 Å². The lowest BCUT2D eigenvalue weighted by Gasteiger charge is -2.17. The summed E-state index contributed by atoms with van der Waals surface area (Å²) < 4.78 is 18.1. The molecule has 0 fully saturated rings. The molecule has 130 valence electrons. The standard InChI is InChI=1S/C20H23N3OS/c1-14-7-6-8-15(2)18(14)17-11-16(12-22-25(24)20(3,4)5)13-23-10-9-21-19(17)23/h6-13H,1-5H3/b22-12-. The highest BCUT2D eigenvalue weighted by molar-refractivity contribution is 7.91. The highest BCUT2D eigenvalue weighted by atomic mass is 32.2. The van der Waals surface area contributed by atoms with E-state index in [9.17, 15) is 4.55 Å². The summed E-state index contributed by atoms with van der Waals surface area (Å²) in [7, 11) is 0. The van der Waals surface area contributed by atoms with Crippen molar-refractivity contribution in [2.24, 2.45) is 4.40 Å². The molecule has 1 unspecified atom stereocenters. The third-order valence-corrected chi connectivity index (χ3v) is 5.43. The number of rotatable bonds is 3. The summed E-state index contributed by atoms with van der Waals surface area (Å²) >= 11 is -1.28. The van der Waals surface area contributed by atoms with Crippen LogP contribution < -0.4 is 0 Å². The number of aryl methyl sites for hydroxylation is 2. The fourth-order valence-corrected chi connectivity index (χ4v) is 3.35. The summed E-state index contributed by atoms with van der Waals surface area (Å²) in [6.45, 7) is 9.97. The predicted octanol–water partition coefficient (Wildman–Crippen LogP) is 4.50. The maximum atomic E-state index is 12.2. The number of benzene rings is 1. The average Bonchev–Trinajstić information content (AvgIpc) is 3.00. The lowest BCUT2D eigenvalue weighted by Crippen LogP contribution is -2.25. The largest absolute Gasteiger partial charge is 0.591 e. The zero-order valence-corrected chi connectivity index (χ0v) is 16.1. The van der Waals surface area contributed by atoms with Gasteiger partial charge in [-0.05, 0) is 57.4 Å². The molecule has 5 heteroatoms.